The lowest BCUT2D eigenvalue weighted by atomic mass is 9.73. The molecule has 4 heteroatoms. The van der Waals surface area contributed by atoms with Gasteiger partial charge in [-0.3, -0.25) is 0 Å². The Morgan fingerprint density at radius 3 is 1.04 bits per heavy atom. The van der Waals surface area contributed by atoms with Crippen LogP contribution in [0.2, 0.25) is 0 Å². The number of aromatic nitrogens is 4. The number of hydrogen-bond donors (Lipinski definition) is 0. The topological polar surface area (TPSA) is 51.6 Å². The maximum absolute atomic E-state index is 5.62. The van der Waals surface area contributed by atoms with Crippen molar-refractivity contribution in [3.63, 3.8) is 0 Å². The molecule has 0 N–H and O–H groups in total. The number of fused-ring (bicyclic) bond motifs is 8. The Labute approximate surface area is 629 Å². The smallest absolute Gasteiger partial charge is 0.161 e. The summed E-state index contributed by atoms with van der Waals surface area (Å²) in [7, 11) is 0. The van der Waals surface area contributed by atoms with Gasteiger partial charge in [0.2, 0.25) is 0 Å². The molecule has 18 aromatic rings. The van der Waals surface area contributed by atoms with Gasteiger partial charge >= 0.3 is 0 Å². The van der Waals surface area contributed by atoms with Crippen LogP contribution in [0.5, 0.6) is 0 Å². The van der Waals surface area contributed by atoms with Crippen LogP contribution in [-0.2, 0) is 10.8 Å². The largest absolute Gasteiger partial charge is 0.228 e. The molecule has 0 radical (unpaired) electrons. The van der Waals surface area contributed by atoms with Gasteiger partial charge in [0.1, 0.15) is 0 Å². The first-order valence-corrected chi connectivity index (χ1v) is 37.2. The molecule has 0 amide bonds. The Kier molecular flexibility index (Phi) is 15.4. The van der Waals surface area contributed by atoms with Gasteiger partial charge in [-0.2, -0.15) is 0 Å². The Morgan fingerprint density at radius 1 is 0.167 bits per heavy atom. The summed E-state index contributed by atoms with van der Waals surface area (Å²) in [5.74, 6) is 1.35. The molecule has 0 saturated heterocycles. The maximum atomic E-state index is 5.62. The van der Waals surface area contributed by atoms with Crippen molar-refractivity contribution in [1.29, 1.82) is 0 Å². The standard InChI is InChI=1S/C104H70N4/c1-103(77-38-14-6-15-39-77)93-49-25-24-47-86(93)87-53-50-74(63-95(87)103)80-56-58-91(85-46-22-20-44-83(80)85)102-106-98(69-32-12-5-13-33-69)66-100(108-102)89-48-23-18-42-79(89)73-36-26-35-71(60-73)72-52-59-94-92(62-72)88-54-51-75(64-96(88)104(94,2)78-40-16-7-17-41-78)81-55-57-90(84-45-21-19-43-82(81)84)101-105-97(68-30-10-4-11-31-68)65-99(107-101)76-37-27-34-70(61-76)67-28-8-3-9-29-67/h3-66H,1-2H3. The molecular weight excluding hydrogens is 1310 g/mol. The van der Waals surface area contributed by atoms with Crippen molar-refractivity contribution < 1.29 is 0 Å². The lowest BCUT2D eigenvalue weighted by Gasteiger charge is -2.29. The van der Waals surface area contributed by atoms with Crippen LogP contribution < -0.4 is 0 Å². The molecule has 2 aromatic heterocycles. The molecule has 2 aliphatic rings. The average Bonchev–Trinajstić information content (AvgIpc) is 1.56. The second-order valence-electron chi connectivity index (χ2n) is 29.0. The summed E-state index contributed by atoms with van der Waals surface area (Å²) in [6.45, 7) is 4.80. The summed E-state index contributed by atoms with van der Waals surface area (Å²) in [5.41, 5.74) is 33.0. The molecule has 4 nitrogen and oxygen atoms in total. The molecule has 0 aliphatic heterocycles. The third-order valence-electron chi connectivity index (χ3n) is 22.9. The quantitative estimate of drug-likeness (QED) is 0.115. The fourth-order valence-corrected chi connectivity index (χ4v) is 17.5. The van der Waals surface area contributed by atoms with E-state index in [4.69, 9.17) is 19.9 Å². The van der Waals surface area contributed by atoms with E-state index in [1.54, 1.807) is 0 Å². The van der Waals surface area contributed by atoms with Gasteiger partial charge in [0.05, 0.1) is 22.8 Å². The molecule has 2 aliphatic carbocycles. The first kappa shape index (κ1) is 63.9. The zero-order valence-corrected chi connectivity index (χ0v) is 59.7. The van der Waals surface area contributed by atoms with Crippen molar-refractivity contribution in [3.8, 4) is 146 Å². The maximum Gasteiger partial charge on any atom is 0.161 e. The van der Waals surface area contributed by atoms with E-state index in [-0.39, 0.29) is 5.41 Å². The van der Waals surface area contributed by atoms with Crippen molar-refractivity contribution in [3.05, 3.63) is 422 Å². The third-order valence-corrected chi connectivity index (χ3v) is 22.9. The van der Waals surface area contributed by atoms with Gasteiger partial charge in [0.15, 0.2) is 11.6 Å². The van der Waals surface area contributed by atoms with Crippen LogP contribution in [0.15, 0.2) is 388 Å². The van der Waals surface area contributed by atoms with Gasteiger partial charge in [-0.05, 0) is 201 Å². The number of hydrogen-bond acceptors (Lipinski definition) is 4. The van der Waals surface area contributed by atoms with Crippen molar-refractivity contribution in [2.75, 3.05) is 0 Å². The normalized spacial score (nSPS) is 14.6. The summed E-state index contributed by atoms with van der Waals surface area (Å²) < 4.78 is 0. The van der Waals surface area contributed by atoms with E-state index < -0.39 is 5.41 Å². The van der Waals surface area contributed by atoms with Crippen LogP contribution in [0, 0.1) is 0 Å². The molecule has 108 heavy (non-hydrogen) atoms. The lowest BCUT2D eigenvalue weighted by molar-refractivity contribution is 0.714. The van der Waals surface area contributed by atoms with Gasteiger partial charge in [-0.15, -0.1) is 0 Å². The van der Waals surface area contributed by atoms with Crippen molar-refractivity contribution >= 4 is 21.5 Å². The molecule has 20 rings (SSSR count). The van der Waals surface area contributed by atoms with Crippen LogP contribution in [0.3, 0.4) is 0 Å². The van der Waals surface area contributed by atoms with E-state index >= 15 is 0 Å². The monoisotopic (exact) mass is 1370 g/mol. The molecule has 16 aromatic carbocycles. The van der Waals surface area contributed by atoms with Gasteiger partial charge in [0.25, 0.3) is 0 Å². The van der Waals surface area contributed by atoms with Crippen LogP contribution in [-0.4, -0.2) is 19.9 Å². The minimum atomic E-state index is -0.457. The predicted octanol–water partition coefficient (Wildman–Crippen LogP) is 26.6. The van der Waals surface area contributed by atoms with Crippen molar-refractivity contribution in [2.24, 2.45) is 0 Å². The van der Waals surface area contributed by atoms with Crippen LogP contribution in [0.4, 0.5) is 0 Å². The number of benzene rings is 16. The van der Waals surface area contributed by atoms with E-state index in [2.05, 4.69) is 402 Å². The Bertz CT molecular complexity index is 6570. The lowest BCUT2D eigenvalue weighted by Crippen LogP contribution is -2.22. The first-order valence-electron chi connectivity index (χ1n) is 37.2. The molecule has 0 fully saturated rings. The van der Waals surface area contributed by atoms with E-state index in [0.29, 0.717) is 11.6 Å². The van der Waals surface area contributed by atoms with Crippen molar-refractivity contribution in [1.82, 2.24) is 19.9 Å². The second-order valence-corrected chi connectivity index (χ2v) is 29.0. The van der Waals surface area contributed by atoms with Gasteiger partial charge < -0.3 is 0 Å². The van der Waals surface area contributed by atoms with Gasteiger partial charge in [0, 0.05) is 44.2 Å². The van der Waals surface area contributed by atoms with Gasteiger partial charge in [-0.1, -0.05) is 334 Å². The average molecular weight is 1380 g/mol. The molecule has 0 spiro atoms. The predicted molar refractivity (Wildman–Crippen MR) is 447 cm³/mol. The molecule has 2 atom stereocenters. The van der Waals surface area contributed by atoms with E-state index in [1.807, 2.05) is 0 Å². The van der Waals surface area contributed by atoms with Crippen molar-refractivity contribution in [2.45, 2.75) is 24.7 Å². The Hall–Kier alpha value is -13.8. The van der Waals surface area contributed by atoms with E-state index in [9.17, 15) is 0 Å². The minimum Gasteiger partial charge on any atom is -0.228 e. The molecule has 506 valence electrons. The SMILES string of the molecule is CC1(c2ccccc2)c2ccc(-c3cccc(-c4ccccc4-c4cc(-c5ccccc5)nc(-c5ccc(-c6ccc7c(c6)C(C)(c6ccccc6)c6ccccc6-7)c6ccccc56)n4)c3)cc2-c2ccc(-c3ccc(-c4nc(-c5ccccc5)cc(-c5cccc(-c6ccccc6)c5)n4)c4ccccc34)cc21. The van der Waals surface area contributed by atoms with Gasteiger partial charge in [-0.25, -0.2) is 19.9 Å². The first-order chi connectivity index (χ1) is 53.3. The van der Waals surface area contributed by atoms with Crippen LogP contribution >= 0.6 is 0 Å². The number of rotatable bonds is 13. The molecule has 2 unspecified atom stereocenters. The number of nitrogens with zero attached hydrogens (tertiary/aromatic N) is 4. The fraction of sp³-hybridized carbons (Fsp3) is 0.0385. The molecule has 0 bridgehead atoms. The molecule has 0 saturated carbocycles. The summed E-state index contributed by atoms with van der Waals surface area (Å²) >= 11 is 0. The zero-order valence-electron chi connectivity index (χ0n) is 59.7. The van der Waals surface area contributed by atoms with E-state index in [0.717, 1.165) is 122 Å². The zero-order chi connectivity index (χ0) is 71.9. The highest BCUT2D eigenvalue weighted by Crippen LogP contribution is 2.56. The summed E-state index contributed by atoms with van der Waals surface area (Å²) in [4.78, 5) is 21.9. The Balaban J connectivity index is 0.659. The highest BCUT2D eigenvalue weighted by Gasteiger charge is 2.43. The summed E-state index contributed by atoms with van der Waals surface area (Å²) in [6.07, 6.45) is 0. The van der Waals surface area contributed by atoms with E-state index in [1.165, 1.54) is 66.8 Å². The third kappa shape index (κ3) is 10.7. The molecule has 2 heterocycles. The van der Waals surface area contributed by atoms with Crippen LogP contribution in [0.1, 0.15) is 47.2 Å². The molecular formula is C104H70N4. The summed E-state index contributed by atoms with van der Waals surface area (Å²) in [6, 6.07) is 141. The highest BCUT2D eigenvalue weighted by atomic mass is 14.9. The highest BCUT2D eigenvalue weighted by molar-refractivity contribution is 6.07. The Morgan fingerprint density at radius 2 is 0.491 bits per heavy atom. The minimum absolute atomic E-state index is 0.319. The fourth-order valence-electron chi connectivity index (χ4n) is 17.5. The summed E-state index contributed by atoms with van der Waals surface area (Å²) in [5, 5.41) is 4.47. The van der Waals surface area contributed by atoms with Crippen LogP contribution in [0.25, 0.3) is 167 Å². The second kappa shape index (κ2) is 26.1.